The highest BCUT2D eigenvalue weighted by Crippen LogP contribution is 2.33. The van der Waals surface area contributed by atoms with Crippen molar-refractivity contribution in [2.24, 2.45) is 5.92 Å². The zero-order valence-corrected chi connectivity index (χ0v) is 23.1. The number of carbonyl (C=O) groups excluding carboxylic acids is 1. The van der Waals surface area contributed by atoms with Crippen molar-refractivity contribution in [2.75, 3.05) is 26.4 Å². The molecule has 1 saturated carbocycles. The van der Waals surface area contributed by atoms with Crippen LogP contribution in [0.25, 0.3) is 0 Å². The first-order chi connectivity index (χ1) is 19.6. The Morgan fingerprint density at radius 3 is 2.48 bits per heavy atom. The van der Waals surface area contributed by atoms with Gasteiger partial charge in [-0.2, -0.15) is 0 Å². The summed E-state index contributed by atoms with van der Waals surface area (Å²) in [7, 11) is 0. The van der Waals surface area contributed by atoms with Crippen molar-refractivity contribution in [3.8, 4) is 5.75 Å². The average molecular weight is 559 g/mol. The van der Waals surface area contributed by atoms with E-state index in [2.05, 4.69) is 5.73 Å². The van der Waals surface area contributed by atoms with Crippen LogP contribution in [0.5, 0.6) is 5.75 Å². The van der Waals surface area contributed by atoms with E-state index in [9.17, 15) is 9.59 Å². The molecule has 220 valence electrons. The summed E-state index contributed by atoms with van der Waals surface area (Å²) < 4.78 is 36.6. The van der Waals surface area contributed by atoms with Crippen LogP contribution in [0.15, 0.2) is 48.2 Å². The lowest BCUT2D eigenvalue weighted by atomic mass is 10.00. The second-order valence-corrected chi connectivity index (χ2v) is 10.5. The number of carbonyl (C=O) groups is 2. The van der Waals surface area contributed by atoms with E-state index >= 15 is 0 Å². The summed E-state index contributed by atoms with van der Waals surface area (Å²) in [5.74, 6) is -0.447. The summed E-state index contributed by atoms with van der Waals surface area (Å²) in [6, 6.07) is 9.55. The van der Waals surface area contributed by atoms with Crippen molar-refractivity contribution in [1.29, 1.82) is 0 Å². The van der Waals surface area contributed by atoms with Gasteiger partial charge in [-0.3, -0.25) is 9.59 Å². The third kappa shape index (κ3) is 10.1. The molecular weight excluding hydrogens is 516 g/mol. The first-order valence-electron chi connectivity index (χ1n) is 14.6. The van der Waals surface area contributed by atoms with Crippen molar-refractivity contribution in [2.45, 2.75) is 95.1 Å². The quantitative estimate of drug-likeness (QED) is 0.303. The van der Waals surface area contributed by atoms with Crippen LogP contribution < -0.4 is 4.74 Å². The van der Waals surface area contributed by atoms with Gasteiger partial charge in [0, 0.05) is 26.1 Å². The Bertz CT molecular complexity index is 962. The fourth-order valence-corrected chi connectivity index (χ4v) is 5.18. The monoisotopic (exact) mass is 558 g/mol. The van der Waals surface area contributed by atoms with Gasteiger partial charge in [0.25, 0.3) is 0 Å². The fraction of sp³-hybridized carbons (Fsp3) is 0.645. The van der Waals surface area contributed by atoms with Crippen molar-refractivity contribution in [3.63, 3.8) is 0 Å². The number of para-hydroxylation sites is 1. The summed E-state index contributed by atoms with van der Waals surface area (Å²) in [6.45, 7) is 1.81. The highest BCUT2D eigenvalue weighted by molar-refractivity contribution is 5.85. The largest absolute Gasteiger partial charge is 0.491 e. The molecule has 3 fully saturated rings. The number of carboxylic acid groups (broad SMARTS) is 1. The Labute approximate surface area is 236 Å². The molecule has 3 aliphatic rings. The molecule has 1 aromatic carbocycles. The minimum atomic E-state index is -0.853. The topological polar surface area (TPSA) is 110 Å². The van der Waals surface area contributed by atoms with E-state index < -0.39 is 30.2 Å². The molecule has 40 heavy (non-hydrogen) atoms. The summed E-state index contributed by atoms with van der Waals surface area (Å²) >= 11 is 0. The number of rotatable bonds is 15. The lowest BCUT2D eigenvalue weighted by molar-refractivity contribution is -0.226. The van der Waals surface area contributed by atoms with Gasteiger partial charge < -0.3 is 33.5 Å². The summed E-state index contributed by atoms with van der Waals surface area (Å²) in [4.78, 5) is 23.8. The van der Waals surface area contributed by atoms with Crippen LogP contribution in [0.4, 0.5) is 0 Å². The zero-order valence-electron chi connectivity index (χ0n) is 23.1. The molecular formula is C31H42O9. The van der Waals surface area contributed by atoms with Crippen LogP contribution in [-0.2, 0) is 33.3 Å². The molecule has 6 atom stereocenters. The predicted molar refractivity (Wildman–Crippen MR) is 146 cm³/mol. The molecule has 2 saturated heterocycles. The van der Waals surface area contributed by atoms with Crippen LogP contribution >= 0.6 is 0 Å². The number of carboxylic acids is 1. The van der Waals surface area contributed by atoms with Gasteiger partial charge in [0.1, 0.15) is 24.2 Å². The molecule has 9 heteroatoms. The van der Waals surface area contributed by atoms with E-state index in [-0.39, 0.29) is 44.4 Å². The van der Waals surface area contributed by atoms with Crippen LogP contribution in [0.1, 0.15) is 64.2 Å². The van der Waals surface area contributed by atoms with Crippen molar-refractivity contribution < 1.29 is 43.1 Å². The molecule has 0 amide bonds. The minimum absolute atomic E-state index is 0.0450. The Hall–Kier alpha value is -2.52. The number of hydrogen-bond acceptors (Lipinski definition) is 8. The normalized spacial score (nSPS) is 27.5. The Kier molecular flexibility index (Phi) is 12.7. The Balaban J connectivity index is 1.42. The first-order valence-corrected chi connectivity index (χ1v) is 14.6. The van der Waals surface area contributed by atoms with Crippen LogP contribution in [0.3, 0.4) is 0 Å². The molecule has 2 heterocycles. The van der Waals surface area contributed by atoms with E-state index in [1.54, 1.807) is 12.2 Å². The average Bonchev–Trinajstić information content (AvgIpc) is 3.26. The fourth-order valence-electron chi connectivity index (χ4n) is 5.18. The first kappa shape index (κ1) is 30.4. The zero-order chi connectivity index (χ0) is 28.0. The Morgan fingerprint density at radius 2 is 1.77 bits per heavy atom. The molecule has 1 aromatic rings. The summed E-state index contributed by atoms with van der Waals surface area (Å²) in [6.07, 6.45) is 8.32. The van der Waals surface area contributed by atoms with Crippen molar-refractivity contribution in [3.05, 3.63) is 48.2 Å². The molecule has 0 bridgehead atoms. The highest BCUT2D eigenvalue weighted by atomic mass is 16.7. The van der Waals surface area contributed by atoms with E-state index in [4.69, 9.17) is 33.5 Å². The predicted octanol–water partition coefficient (Wildman–Crippen LogP) is 4.83. The van der Waals surface area contributed by atoms with E-state index in [0.717, 1.165) is 44.3 Å². The number of aliphatic carboxylic acids is 1. The standard InChI is InChI=1S/C31H42O9/c32-26-20-27(40-30-17-9-11-19-36-30)31(25(26)14-6-1-2-7-15-28(33)34)38-22-24(39-29-16-8-10-18-35-29)21-37-23-12-4-3-5-13-23/h2-6,12-13,24-25,27,29-31H,7-11,14-22H2,(H,33,34). The van der Waals surface area contributed by atoms with Gasteiger partial charge in [0.15, 0.2) is 12.6 Å². The van der Waals surface area contributed by atoms with Crippen LogP contribution in [0, 0.1) is 5.92 Å². The molecule has 2 aliphatic heterocycles. The van der Waals surface area contributed by atoms with Gasteiger partial charge in [-0.1, -0.05) is 18.2 Å². The maximum absolute atomic E-state index is 13.1. The summed E-state index contributed by atoms with van der Waals surface area (Å²) in [5, 5.41) is 8.82. The smallest absolute Gasteiger partial charge is 0.303 e. The van der Waals surface area contributed by atoms with Gasteiger partial charge in [-0.25, -0.2) is 0 Å². The maximum Gasteiger partial charge on any atom is 0.303 e. The van der Waals surface area contributed by atoms with Gasteiger partial charge in [-0.05, 0) is 75.7 Å². The third-order valence-electron chi connectivity index (χ3n) is 7.29. The molecule has 6 unspecified atom stereocenters. The molecule has 0 radical (unpaired) electrons. The second kappa shape index (κ2) is 16.7. The summed E-state index contributed by atoms with van der Waals surface area (Å²) in [5.41, 5.74) is 3.01. The SMILES string of the molecule is O=C(O)CCC=C=CCC1C(=O)CC(OC2CCCCO2)C1OCC(COc1ccccc1)OC1CCCCO1. The molecule has 1 N–H and O–H groups in total. The van der Waals surface area contributed by atoms with Crippen molar-refractivity contribution >= 4 is 11.8 Å². The second-order valence-electron chi connectivity index (χ2n) is 10.5. The highest BCUT2D eigenvalue weighted by Gasteiger charge is 2.45. The van der Waals surface area contributed by atoms with Gasteiger partial charge >= 0.3 is 5.97 Å². The van der Waals surface area contributed by atoms with Gasteiger partial charge in [-0.15, -0.1) is 5.73 Å². The molecule has 0 aromatic heterocycles. The molecule has 1 aliphatic carbocycles. The number of hydrogen-bond donors (Lipinski definition) is 1. The molecule has 4 rings (SSSR count). The number of ketones is 1. The van der Waals surface area contributed by atoms with Gasteiger partial charge in [0.2, 0.25) is 0 Å². The third-order valence-corrected chi connectivity index (χ3v) is 7.29. The Morgan fingerprint density at radius 1 is 1.02 bits per heavy atom. The van der Waals surface area contributed by atoms with E-state index in [1.165, 1.54) is 0 Å². The van der Waals surface area contributed by atoms with E-state index in [1.807, 2.05) is 30.3 Å². The maximum atomic E-state index is 13.1. The van der Waals surface area contributed by atoms with Crippen molar-refractivity contribution in [1.82, 2.24) is 0 Å². The molecule has 0 spiro atoms. The van der Waals surface area contributed by atoms with E-state index in [0.29, 0.717) is 26.1 Å². The van der Waals surface area contributed by atoms with Crippen LogP contribution in [-0.4, -0.2) is 74.2 Å². The number of allylic oxidation sites excluding steroid dienone is 1. The number of benzene rings is 1. The number of ether oxygens (including phenoxy) is 6. The molecule has 9 nitrogen and oxygen atoms in total. The van der Waals surface area contributed by atoms with Gasteiger partial charge in [0.05, 0.1) is 24.7 Å². The minimum Gasteiger partial charge on any atom is -0.491 e. The lowest BCUT2D eigenvalue weighted by Gasteiger charge is -2.32. The lowest BCUT2D eigenvalue weighted by Crippen LogP contribution is -2.40. The van der Waals surface area contributed by atoms with Crippen LogP contribution in [0.2, 0.25) is 0 Å². The number of Topliss-reactive ketones (excluding diaryl/α,β-unsaturated/α-hetero) is 1.